The van der Waals surface area contributed by atoms with Crippen LogP contribution in [-0.2, 0) is 0 Å². The molecule has 0 spiro atoms. The van der Waals surface area contributed by atoms with Crippen molar-refractivity contribution in [2.24, 2.45) is 5.84 Å². The quantitative estimate of drug-likeness (QED) is 0.485. The van der Waals surface area contributed by atoms with Gasteiger partial charge in [-0.25, -0.2) is 5.84 Å². The van der Waals surface area contributed by atoms with Gasteiger partial charge < -0.3 is 9.47 Å². The lowest BCUT2D eigenvalue weighted by Gasteiger charge is -2.07. The Labute approximate surface area is 114 Å². The van der Waals surface area contributed by atoms with Crippen molar-refractivity contribution in [1.29, 1.82) is 0 Å². The number of nitrogens with one attached hydrogen (secondary N) is 1. The Bertz CT molecular complexity index is 527. The lowest BCUT2D eigenvalue weighted by molar-refractivity contribution is 0.360. The first kappa shape index (κ1) is 13.4. The number of thioether (sulfide) groups is 1. The van der Waals surface area contributed by atoms with E-state index in [2.05, 4.69) is 20.4 Å². The minimum absolute atomic E-state index is 0.108. The van der Waals surface area contributed by atoms with Gasteiger partial charge in [-0.1, -0.05) is 0 Å². The zero-order valence-corrected chi connectivity index (χ0v) is 11.3. The van der Waals surface area contributed by atoms with Crippen LogP contribution in [0, 0.1) is 0 Å². The van der Waals surface area contributed by atoms with Crippen LogP contribution in [0.15, 0.2) is 29.2 Å². The summed E-state index contributed by atoms with van der Waals surface area (Å²) in [6.45, 7) is 0. The second-order valence-electron chi connectivity index (χ2n) is 3.35. The zero-order valence-electron chi connectivity index (χ0n) is 10.5. The van der Waals surface area contributed by atoms with Gasteiger partial charge in [0.2, 0.25) is 5.95 Å². The maximum absolute atomic E-state index is 5.52. The number of aromatic nitrogens is 3. The highest BCUT2D eigenvalue weighted by Gasteiger charge is 2.08. The van der Waals surface area contributed by atoms with Gasteiger partial charge in [0.15, 0.2) is 0 Å². The molecule has 100 valence electrons. The molecular weight excluding hydrogens is 266 g/mol. The molecule has 2 aromatic rings. The number of methoxy groups -OCH3 is 1. The third-order valence-electron chi connectivity index (χ3n) is 2.17. The second kappa shape index (κ2) is 6.21. The molecule has 0 unspecified atom stereocenters. The number of hydrogen-bond donors (Lipinski definition) is 2. The van der Waals surface area contributed by atoms with E-state index in [1.807, 2.05) is 30.5 Å². The maximum atomic E-state index is 5.52. The van der Waals surface area contributed by atoms with E-state index < -0.39 is 0 Å². The molecule has 0 bridgehead atoms. The Balaban J connectivity index is 2.21. The molecule has 1 aromatic carbocycles. The van der Waals surface area contributed by atoms with E-state index in [4.69, 9.17) is 15.3 Å². The minimum atomic E-state index is 0.108. The fourth-order valence-electron chi connectivity index (χ4n) is 1.29. The fraction of sp³-hybridized carbons (Fsp3) is 0.182. The van der Waals surface area contributed by atoms with Gasteiger partial charge in [0.1, 0.15) is 5.75 Å². The van der Waals surface area contributed by atoms with Crippen molar-refractivity contribution >= 4 is 17.7 Å². The normalized spacial score (nSPS) is 10.1. The van der Waals surface area contributed by atoms with Crippen LogP contribution in [-0.4, -0.2) is 28.3 Å². The van der Waals surface area contributed by atoms with Crippen LogP contribution >= 0.6 is 11.8 Å². The van der Waals surface area contributed by atoms with Crippen molar-refractivity contribution in [3.05, 3.63) is 24.3 Å². The molecule has 1 aromatic heterocycles. The zero-order chi connectivity index (χ0) is 13.7. The van der Waals surface area contributed by atoms with E-state index >= 15 is 0 Å². The number of rotatable bonds is 5. The van der Waals surface area contributed by atoms with E-state index in [0.29, 0.717) is 5.75 Å². The van der Waals surface area contributed by atoms with Crippen LogP contribution in [0.2, 0.25) is 0 Å². The van der Waals surface area contributed by atoms with Crippen molar-refractivity contribution in [3.8, 4) is 17.8 Å². The Morgan fingerprint density at radius 2 is 1.79 bits per heavy atom. The molecule has 2 rings (SSSR count). The minimum Gasteiger partial charge on any atom is -0.467 e. The molecule has 0 amide bonds. The summed E-state index contributed by atoms with van der Waals surface area (Å²) in [5.41, 5.74) is 2.32. The lowest BCUT2D eigenvalue weighted by atomic mass is 10.3. The summed E-state index contributed by atoms with van der Waals surface area (Å²) in [4.78, 5) is 13.0. The van der Waals surface area contributed by atoms with Crippen molar-refractivity contribution < 1.29 is 9.47 Å². The highest BCUT2D eigenvalue weighted by molar-refractivity contribution is 7.98. The molecule has 0 aliphatic rings. The van der Waals surface area contributed by atoms with Crippen molar-refractivity contribution in [2.45, 2.75) is 4.90 Å². The SMILES string of the molecule is COc1nc(NN)nc(Oc2ccc(SC)cc2)n1. The van der Waals surface area contributed by atoms with Gasteiger partial charge in [0.25, 0.3) is 0 Å². The third-order valence-corrected chi connectivity index (χ3v) is 2.92. The number of nitrogens with two attached hydrogens (primary N) is 1. The smallest absolute Gasteiger partial charge is 0.330 e. The highest BCUT2D eigenvalue weighted by atomic mass is 32.2. The number of nitrogen functional groups attached to an aromatic ring is 1. The Morgan fingerprint density at radius 1 is 1.11 bits per heavy atom. The summed E-state index contributed by atoms with van der Waals surface area (Å²) in [6, 6.07) is 7.78. The Kier molecular flexibility index (Phi) is 4.37. The summed E-state index contributed by atoms with van der Waals surface area (Å²) in [5.74, 6) is 6.05. The summed E-state index contributed by atoms with van der Waals surface area (Å²) in [5, 5.41) is 0. The molecule has 7 nitrogen and oxygen atoms in total. The standard InChI is InChI=1S/C11H13N5O2S/c1-17-10-13-9(16-12)14-11(15-10)18-7-3-5-8(19-2)6-4-7/h3-6H,12H2,1-2H3,(H,13,14,15,16). The summed E-state index contributed by atoms with van der Waals surface area (Å²) < 4.78 is 10.4. The van der Waals surface area contributed by atoms with Gasteiger partial charge in [0, 0.05) is 4.90 Å². The monoisotopic (exact) mass is 279 g/mol. The van der Waals surface area contributed by atoms with E-state index in [1.54, 1.807) is 11.8 Å². The first-order chi connectivity index (χ1) is 9.25. The van der Waals surface area contributed by atoms with Gasteiger partial charge in [-0.05, 0) is 30.5 Å². The highest BCUT2D eigenvalue weighted by Crippen LogP contribution is 2.23. The number of hydrazine groups is 1. The van der Waals surface area contributed by atoms with Crippen molar-refractivity contribution in [1.82, 2.24) is 15.0 Å². The van der Waals surface area contributed by atoms with Gasteiger partial charge in [0.05, 0.1) is 7.11 Å². The lowest BCUT2D eigenvalue weighted by Crippen LogP contribution is -2.12. The molecule has 0 fully saturated rings. The molecule has 0 atom stereocenters. The molecule has 0 aliphatic heterocycles. The first-order valence-corrected chi connectivity index (χ1v) is 6.56. The Morgan fingerprint density at radius 3 is 2.37 bits per heavy atom. The number of anilines is 1. The first-order valence-electron chi connectivity index (χ1n) is 5.33. The van der Waals surface area contributed by atoms with Crippen LogP contribution in [0.3, 0.4) is 0 Å². The van der Waals surface area contributed by atoms with Crippen LogP contribution in [0.5, 0.6) is 17.8 Å². The molecule has 0 saturated carbocycles. The largest absolute Gasteiger partial charge is 0.467 e. The molecule has 0 saturated heterocycles. The van der Waals surface area contributed by atoms with E-state index in [9.17, 15) is 0 Å². The topological polar surface area (TPSA) is 95.2 Å². The van der Waals surface area contributed by atoms with Gasteiger partial charge in [-0.3, -0.25) is 5.43 Å². The Hall–Kier alpha value is -2.06. The number of nitrogens with zero attached hydrogens (tertiary/aromatic N) is 3. The number of benzene rings is 1. The predicted molar refractivity (Wildman–Crippen MR) is 72.5 cm³/mol. The third kappa shape index (κ3) is 3.46. The molecule has 1 heterocycles. The molecule has 19 heavy (non-hydrogen) atoms. The average molecular weight is 279 g/mol. The number of ether oxygens (including phenoxy) is 2. The summed E-state index contributed by atoms with van der Waals surface area (Å²) in [6.07, 6.45) is 2.01. The average Bonchev–Trinajstić information content (AvgIpc) is 2.47. The maximum Gasteiger partial charge on any atom is 0.330 e. The van der Waals surface area contributed by atoms with Crippen LogP contribution in [0.1, 0.15) is 0 Å². The molecule has 0 aliphatic carbocycles. The van der Waals surface area contributed by atoms with Crippen LogP contribution in [0.4, 0.5) is 5.95 Å². The number of hydrogen-bond acceptors (Lipinski definition) is 8. The van der Waals surface area contributed by atoms with Gasteiger partial charge in [-0.2, -0.15) is 9.97 Å². The summed E-state index contributed by atoms with van der Waals surface area (Å²) in [7, 11) is 1.45. The van der Waals surface area contributed by atoms with E-state index in [1.165, 1.54) is 7.11 Å². The molecule has 0 radical (unpaired) electrons. The van der Waals surface area contributed by atoms with E-state index in [-0.39, 0.29) is 18.0 Å². The van der Waals surface area contributed by atoms with Crippen molar-refractivity contribution in [2.75, 3.05) is 18.8 Å². The molecule has 3 N–H and O–H groups in total. The van der Waals surface area contributed by atoms with E-state index in [0.717, 1.165) is 4.90 Å². The predicted octanol–water partition coefficient (Wildman–Crippen LogP) is 1.68. The van der Waals surface area contributed by atoms with Crippen LogP contribution in [0.25, 0.3) is 0 Å². The van der Waals surface area contributed by atoms with Gasteiger partial charge >= 0.3 is 12.0 Å². The summed E-state index contributed by atoms with van der Waals surface area (Å²) >= 11 is 1.65. The molecular formula is C11H13N5O2S. The van der Waals surface area contributed by atoms with Crippen molar-refractivity contribution in [3.63, 3.8) is 0 Å². The van der Waals surface area contributed by atoms with Gasteiger partial charge in [-0.15, -0.1) is 16.7 Å². The van der Waals surface area contributed by atoms with Crippen LogP contribution < -0.4 is 20.7 Å². The second-order valence-corrected chi connectivity index (χ2v) is 4.23. The molecule has 8 heteroatoms. The fourth-order valence-corrected chi connectivity index (χ4v) is 1.70.